The van der Waals surface area contributed by atoms with Crippen molar-refractivity contribution in [1.29, 1.82) is 0 Å². The van der Waals surface area contributed by atoms with E-state index >= 15 is 0 Å². The maximum atomic E-state index is 12.4. The number of esters is 2. The fraction of sp³-hybridized carbons (Fsp3) is 0.765. The Morgan fingerprint density at radius 3 is 2.23 bits per heavy atom. The van der Waals surface area contributed by atoms with Crippen molar-refractivity contribution in [2.45, 2.75) is 59.2 Å². The third-order valence-electron chi connectivity index (χ3n) is 3.93. The Hall–Kier alpha value is -1.36. The molecule has 2 rings (SSSR count). The van der Waals surface area contributed by atoms with E-state index in [0.717, 1.165) is 12.8 Å². The molecule has 5 nitrogen and oxygen atoms in total. The predicted octanol–water partition coefficient (Wildman–Crippen LogP) is 2.63. The van der Waals surface area contributed by atoms with Crippen LogP contribution in [0.5, 0.6) is 0 Å². The van der Waals surface area contributed by atoms with E-state index in [-0.39, 0.29) is 17.9 Å². The highest BCUT2D eigenvalue weighted by Crippen LogP contribution is 2.48. The summed E-state index contributed by atoms with van der Waals surface area (Å²) in [4.78, 5) is 24.8. The van der Waals surface area contributed by atoms with Crippen LogP contribution in [0.1, 0.15) is 47.5 Å². The molecule has 0 aliphatic carbocycles. The highest BCUT2D eigenvalue weighted by molar-refractivity contribution is 6.04. The Balaban J connectivity index is 2.22. The van der Waals surface area contributed by atoms with E-state index in [9.17, 15) is 9.59 Å². The van der Waals surface area contributed by atoms with Crippen LogP contribution in [0.25, 0.3) is 0 Å². The number of rotatable bonds is 6. The molecule has 5 heteroatoms. The largest absolute Gasteiger partial charge is 0.462 e. The zero-order chi connectivity index (χ0) is 16.5. The molecule has 2 aliphatic rings. The van der Waals surface area contributed by atoms with Gasteiger partial charge in [0.15, 0.2) is 0 Å². The summed E-state index contributed by atoms with van der Waals surface area (Å²) in [5, 5.41) is 0. The first-order valence-corrected chi connectivity index (χ1v) is 8.01. The lowest BCUT2D eigenvalue weighted by Crippen LogP contribution is -2.32. The molecule has 2 aliphatic heterocycles. The van der Waals surface area contributed by atoms with Crippen LogP contribution in [-0.4, -0.2) is 36.9 Å². The monoisotopic (exact) mass is 310 g/mol. The van der Waals surface area contributed by atoms with Gasteiger partial charge in [-0.2, -0.15) is 0 Å². The van der Waals surface area contributed by atoms with E-state index in [4.69, 9.17) is 14.2 Å². The van der Waals surface area contributed by atoms with E-state index in [2.05, 4.69) is 0 Å². The molecule has 2 bridgehead atoms. The molecule has 2 unspecified atom stereocenters. The highest BCUT2D eigenvalue weighted by Gasteiger charge is 2.54. The van der Waals surface area contributed by atoms with Crippen molar-refractivity contribution in [3.8, 4) is 0 Å². The third-order valence-corrected chi connectivity index (χ3v) is 3.93. The summed E-state index contributed by atoms with van der Waals surface area (Å²) in [6.07, 6.45) is 1.13. The summed E-state index contributed by atoms with van der Waals surface area (Å²) in [5.74, 6) is -0.405. The van der Waals surface area contributed by atoms with Crippen LogP contribution in [0.3, 0.4) is 0 Å². The smallest absolute Gasteiger partial charge is 0.337 e. The van der Waals surface area contributed by atoms with Gasteiger partial charge in [-0.3, -0.25) is 0 Å². The van der Waals surface area contributed by atoms with Gasteiger partial charge in [-0.15, -0.1) is 0 Å². The first-order valence-electron chi connectivity index (χ1n) is 8.01. The molecular weight excluding hydrogens is 284 g/mol. The van der Waals surface area contributed by atoms with Crippen LogP contribution in [-0.2, 0) is 23.8 Å². The average molecular weight is 310 g/mol. The molecule has 0 aromatic heterocycles. The number of hydrogen-bond acceptors (Lipinski definition) is 5. The molecule has 22 heavy (non-hydrogen) atoms. The van der Waals surface area contributed by atoms with Crippen molar-refractivity contribution >= 4 is 11.9 Å². The Morgan fingerprint density at radius 1 is 1.14 bits per heavy atom. The summed E-state index contributed by atoms with van der Waals surface area (Å²) >= 11 is 0. The maximum absolute atomic E-state index is 12.4. The second-order valence-electron chi connectivity index (χ2n) is 7.15. The second kappa shape index (κ2) is 6.41. The van der Waals surface area contributed by atoms with Gasteiger partial charge in [-0.05, 0) is 31.6 Å². The van der Waals surface area contributed by atoms with Gasteiger partial charge >= 0.3 is 11.9 Å². The van der Waals surface area contributed by atoms with Crippen LogP contribution in [0.4, 0.5) is 0 Å². The molecule has 2 atom stereocenters. The lowest BCUT2D eigenvalue weighted by Gasteiger charge is -2.23. The van der Waals surface area contributed by atoms with Gasteiger partial charge in [0.05, 0.1) is 36.1 Å². The summed E-state index contributed by atoms with van der Waals surface area (Å²) in [6, 6.07) is 0. The summed E-state index contributed by atoms with van der Waals surface area (Å²) in [6.45, 7) is 10.4. The Kier molecular flexibility index (Phi) is 4.95. The zero-order valence-electron chi connectivity index (χ0n) is 14.1. The Labute approximate surface area is 132 Å². The number of fused-ring (bicyclic) bond motifs is 2. The molecule has 0 saturated carbocycles. The minimum atomic E-state index is -0.717. The molecule has 1 saturated heterocycles. The van der Waals surface area contributed by atoms with Crippen LogP contribution < -0.4 is 0 Å². The van der Waals surface area contributed by atoms with Gasteiger partial charge < -0.3 is 14.2 Å². The molecular formula is C17H26O5. The van der Waals surface area contributed by atoms with E-state index in [1.165, 1.54) is 0 Å². The lowest BCUT2D eigenvalue weighted by molar-refractivity contribution is -0.144. The van der Waals surface area contributed by atoms with Crippen molar-refractivity contribution < 1.29 is 23.8 Å². The molecule has 124 valence electrons. The van der Waals surface area contributed by atoms with E-state index in [0.29, 0.717) is 24.4 Å². The molecule has 0 radical (unpaired) electrons. The first kappa shape index (κ1) is 17.0. The van der Waals surface area contributed by atoms with E-state index < -0.39 is 17.5 Å². The number of carbonyl (C=O) groups excluding carboxylic acids is 2. The van der Waals surface area contributed by atoms with Crippen molar-refractivity contribution in [2.75, 3.05) is 13.2 Å². The first-order chi connectivity index (χ1) is 10.2. The lowest BCUT2D eigenvalue weighted by atomic mass is 9.83. The normalized spacial score (nSPS) is 27.0. The molecule has 0 spiro atoms. The fourth-order valence-corrected chi connectivity index (χ4v) is 2.87. The fourth-order valence-electron chi connectivity index (χ4n) is 2.87. The Morgan fingerprint density at radius 2 is 1.68 bits per heavy atom. The van der Waals surface area contributed by atoms with E-state index in [1.807, 2.05) is 34.6 Å². The molecule has 1 fully saturated rings. The van der Waals surface area contributed by atoms with Gasteiger partial charge in [0, 0.05) is 0 Å². The quantitative estimate of drug-likeness (QED) is 0.706. The number of ether oxygens (including phenoxy) is 3. The van der Waals surface area contributed by atoms with Gasteiger partial charge in [-0.1, -0.05) is 27.7 Å². The topological polar surface area (TPSA) is 61.8 Å². The summed E-state index contributed by atoms with van der Waals surface area (Å²) in [7, 11) is 0. The van der Waals surface area contributed by atoms with Crippen molar-refractivity contribution in [1.82, 2.24) is 0 Å². The molecule has 2 heterocycles. The van der Waals surface area contributed by atoms with Crippen molar-refractivity contribution in [2.24, 2.45) is 11.8 Å². The van der Waals surface area contributed by atoms with Crippen molar-refractivity contribution in [3.63, 3.8) is 0 Å². The van der Waals surface area contributed by atoms with Gasteiger partial charge in [0.2, 0.25) is 0 Å². The van der Waals surface area contributed by atoms with Crippen LogP contribution in [0.15, 0.2) is 11.1 Å². The van der Waals surface area contributed by atoms with Crippen LogP contribution in [0, 0.1) is 11.8 Å². The van der Waals surface area contributed by atoms with E-state index in [1.54, 1.807) is 0 Å². The van der Waals surface area contributed by atoms with Gasteiger partial charge in [0.25, 0.3) is 0 Å². The second-order valence-corrected chi connectivity index (χ2v) is 7.15. The number of carbonyl (C=O) groups is 2. The minimum Gasteiger partial charge on any atom is -0.462 e. The van der Waals surface area contributed by atoms with Gasteiger partial charge in [-0.25, -0.2) is 9.59 Å². The SMILES string of the molecule is CC(C)COC(=O)C1=C(C(=O)OCC(C)C)C2(C)CCC1O2. The minimum absolute atomic E-state index is 0.244. The standard InChI is InChI=1S/C17H26O5/c1-10(2)8-20-15(18)13-12-6-7-17(5,22-12)14(13)16(19)21-9-11(3)4/h10-12H,6-9H2,1-5H3. The zero-order valence-corrected chi connectivity index (χ0v) is 14.1. The van der Waals surface area contributed by atoms with Crippen LogP contribution in [0.2, 0.25) is 0 Å². The van der Waals surface area contributed by atoms with Gasteiger partial charge in [0.1, 0.15) is 0 Å². The van der Waals surface area contributed by atoms with Crippen LogP contribution >= 0.6 is 0 Å². The molecule has 0 amide bonds. The molecule has 0 N–H and O–H groups in total. The van der Waals surface area contributed by atoms with Crippen molar-refractivity contribution in [3.05, 3.63) is 11.1 Å². The number of hydrogen-bond donors (Lipinski definition) is 0. The third kappa shape index (κ3) is 3.35. The Bertz CT molecular complexity index is 491. The molecule has 0 aromatic rings. The maximum Gasteiger partial charge on any atom is 0.337 e. The molecule has 0 aromatic carbocycles. The summed E-state index contributed by atoms with van der Waals surface area (Å²) < 4.78 is 16.5. The predicted molar refractivity (Wildman–Crippen MR) is 81.1 cm³/mol. The highest BCUT2D eigenvalue weighted by atomic mass is 16.6. The average Bonchev–Trinajstić information content (AvgIpc) is 2.95. The summed E-state index contributed by atoms with van der Waals surface area (Å²) in [5.41, 5.74) is 0.00609.